The van der Waals surface area contributed by atoms with Gasteiger partial charge in [0.15, 0.2) is 6.10 Å². The Morgan fingerprint density at radius 1 is 1.21 bits per heavy atom. The second-order valence-corrected chi connectivity index (χ2v) is 12.0. The van der Waals surface area contributed by atoms with Crippen LogP contribution in [-0.2, 0) is 30.3 Å². The van der Waals surface area contributed by atoms with E-state index in [0.717, 1.165) is 0 Å². The summed E-state index contributed by atoms with van der Waals surface area (Å²) in [5.41, 5.74) is 7.51. The zero-order chi connectivity index (χ0) is 36.0. The number of rotatable bonds is 9. The number of carbonyl (C=O) groups is 2. The fourth-order valence-corrected chi connectivity index (χ4v) is 5.19. The van der Waals surface area contributed by atoms with Gasteiger partial charge in [0.25, 0.3) is 5.91 Å². The third kappa shape index (κ3) is 11.7. The van der Waals surface area contributed by atoms with Gasteiger partial charge >= 0.3 is 6.09 Å². The number of allylic oxidation sites excluding steroid dienone is 3. The minimum atomic E-state index is -0.984. The van der Waals surface area contributed by atoms with Crippen molar-refractivity contribution in [3.8, 4) is 11.5 Å². The van der Waals surface area contributed by atoms with Gasteiger partial charge in [0.1, 0.15) is 29.9 Å². The van der Waals surface area contributed by atoms with Crippen molar-refractivity contribution in [2.24, 2.45) is 27.7 Å². The molecule has 0 unspecified atom stereocenters. The van der Waals surface area contributed by atoms with Crippen LogP contribution >= 0.6 is 0 Å². The van der Waals surface area contributed by atoms with Crippen molar-refractivity contribution in [2.45, 2.75) is 58.8 Å². The molecule has 2 rings (SSSR count). The fourth-order valence-electron chi connectivity index (χ4n) is 5.19. The number of carbonyl (C=O) groups excluding carboxylic acids is 2. The molecule has 264 valence electrons. The molecular weight excluding hydrogens is 618 g/mol. The van der Waals surface area contributed by atoms with Gasteiger partial charge in [-0.05, 0) is 52.3 Å². The monoisotopic (exact) mass is 669 g/mol. The Morgan fingerprint density at radius 3 is 2.52 bits per heavy atom. The van der Waals surface area contributed by atoms with Crippen LogP contribution in [0.3, 0.4) is 0 Å². The van der Waals surface area contributed by atoms with E-state index in [1.165, 1.54) is 13.2 Å². The minimum Gasteiger partial charge on any atom is -0.506 e. The van der Waals surface area contributed by atoms with Gasteiger partial charge in [-0.1, -0.05) is 56.0 Å². The highest BCUT2D eigenvalue weighted by Gasteiger charge is 2.29. The number of hydrogen-bond acceptors (Lipinski definition) is 11. The summed E-state index contributed by atoms with van der Waals surface area (Å²) in [6.07, 6.45) is 7.34. The fraction of sp³-hybridized carbons (Fsp3) is 0.486. The standard InChI is InChI=1S/C35H51N5O8/c1-10-16-47-39-30-23(4)19-24(5)33(48-35(36)44)28(45-8)13-11-12-22(3)34(43)38-26-20-27(41)31(37-14-15-40(6)7)25(32(26)42)17-21(2)18-29(30)46-9/h10-14,19-21,23,28-29,33,41-42H,1,15-18H2,2-9H3,(H2,36,44)(H,38,43)/b13-11-,22-12+,24-19+,37-14?,39-30+/t21-,23+,28+,29+,33+/m1/s1. The number of aliphatic imine (C=N–C) groups is 1. The zero-order valence-electron chi connectivity index (χ0n) is 29.2. The predicted octanol–water partition coefficient (Wildman–Crippen LogP) is 5.02. The van der Waals surface area contributed by atoms with E-state index in [0.29, 0.717) is 29.8 Å². The molecule has 5 atom stereocenters. The van der Waals surface area contributed by atoms with Crippen molar-refractivity contribution < 1.29 is 38.9 Å². The number of nitrogens with one attached hydrogen (secondary N) is 1. The Hall–Kier alpha value is -4.46. The van der Waals surface area contributed by atoms with Crippen molar-refractivity contribution in [1.82, 2.24) is 4.90 Å². The molecule has 2 amide bonds. The lowest BCUT2D eigenvalue weighted by Crippen LogP contribution is -2.35. The van der Waals surface area contributed by atoms with Gasteiger partial charge in [-0.15, -0.1) is 0 Å². The summed E-state index contributed by atoms with van der Waals surface area (Å²) >= 11 is 0. The van der Waals surface area contributed by atoms with Gasteiger partial charge < -0.3 is 45.2 Å². The first kappa shape index (κ1) is 39.7. The zero-order valence-corrected chi connectivity index (χ0v) is 29.2. The van der Waals surface area contributed by atoms with Gasteiger partial charge in [-0.25, -0.2) is 4.79 Å². The maximum Gasteiger partial charge on any atom is 0.405 e. The van der Waals surface area contributed by atoms with Crippen molar-refractivity contribution >= 4 is 35.3 Å². The number of ether oxygens (including phenoxy) is 3. The first-order valence-electron chi connectivity index (χ1n) is 15.7. The maximum atomic E-state index is 13.2. The predicted molar refractivity (Wildman–Crippen MR) is 188 cm³/mol. The van der Waals surface area contributed by atoms with Crippen LogP contribution in [0.5, 0.6) is 11.5 Å². The molecule has 1 aromatic carbocycles. The van der Waals surface area contributed by atoms with Crippen LogP contribution in [0.15, 0.2) is 64.3 Å². The van der Waals surface area contributed by atoms with Gasteiger partial charge in [0.2, 0.25) is 0 Å². The summed E-state index contributed by atoms with van der Waals surface area (Å²) in [5, 5.41) is 29.6. The molecule has 48 heavy (non-hydrogen) atoms. The molecule has 0 spiro atoms. The number of aromatic hydroxyl groups is 2. The Labute approximate surface area is 283 Å². The lowest BCUT2D eigenvalue weighted by Gasteiger charge is -2.27. The average Bonchev–Trinajstić information content (AvgIpc) is 3.02. The van der Waals surface area contributed by atoms with Crippen LogP contribution in [0.1, 0.15) is 39.7 Å². The summed E-state index contributed by atoms with van der Waals surface area (Å²) in [5.74, 6) is -1.45. The quantitative estimate of drug-likeness (QED) is 0.0702. The molecule has 0 aromatic heterocycles. The first-order valence-corrected chi connectivity index (χ1v) is 15.7. The van der Waals surface area contributed by atoms with Crippen LogP contribution in [0.2, 0.25) is 0 Å². The summed E-state index contributed by atoms with van der Waals surface area (Å²) in [6, 6.07) is 1.28. The number of benzene rings is 1. The number of phenols is 2. The number of amides is 2. The van der Waals surface area contributed by atoms with Crippen LogP contribution in [0.25, 0.3) is 0 Å². The molecule has 0 saturated carbocycles. The highest BCUT2D eigenvalue weighted by Crippen LogP contribution is 2.44. The van der Waals surface area contributed by atoms with E-state index in [9.17, 15) is 19.8 Å². The van der Waals surface area contributed by atoms with E-state index in [-0.39, 0.29) is 53.3 Å². The number of nitrogens with zero attached hydrogens (tertiary/aromatic N) is 3. The molecule has 1 aliphatic heterocycles. The molecule has 0 fully saturated rings. The number of nitrogens with two attached hydrogens (primary N) is 1. The molecular formula is C35H51N5O8. The van der Waals surface area contributed by atoms with Gasteiger partial charge in [-0.3, -0.25) is 9.79 Å². The number of anilines is 1. The van der Waals surface area contributed by atoms with Gasteiger partial charge in [-0.2, -0.15) is 0 Å². The molecule has 0 saturated heterocycles. The summed E-state index contributed by atoms with van der Waals surface area (Å²) < 4.78 is 17.1. The third-order valence-corrected chi connectivity index (χ3v) is 7.66. The topological polar surface area (TPSA) is 178 Å². The lowest BCUT2D eigenvalue weighted by molar-refractivity contribution is -0.112. The normalized spacial score (nSPS) is 26.7. The summed E-state index contributed by atoms with van der Waals surface area (Å²) in [6.45, 7) is 11.6. The number of hydrogen-bond donors (Lipinski definition) is 4. The van der Waals surface area contributed by atoms with Crippen molar-refractivity contribution in [1.29, 1.82) is 0 Å². The Balaban J connectivity index is 2.80. The van der Waals surface area contributed by atoms with Crippen molar-refractivity contribution in [3.05, 3.63) is 59.7 Å². The van der Waals surface area contributed by atoms with E-state index < -0.39 is 30.3 Å². The van der Waals surface area contributed by atoms with E-state index in [1.807, 2.05) is 38.9 Å². The van der Waals surface area contributed by atoms with Crippen molar-refractivity contribution in [3.63, 3.8) is 0 Å². The SMILES string of the molecule is C=CCO/N=C1/[C@@H](OC)C[C@H](C)Cc2c(O)c(cc(O)c2N=CCN(C)C)NC(=O)/C(C)=C/C=C\[C@H](OC)[C@@H](OC(N)=O)/C(C)=C/[C@@H]1C. The highest BCUT2D eigenvalue weighted by atomic mass is 16.6. The molecule has 1 aromatic rings. The van der Waals surface area contributed by atoms with E-state index in [1.54, 1.807) is 51.5 Å². The van der Waals surface area contributed by atoms with Gasteiger partial charge in [0.05, 0.1) is 17.5 Å². The molecule has 1 aliphatic rings. The number of oxime groups is 1. The van der Waals surface area contributed by atoms with E-state index in [4.69, 9.17) is 24.8 Å². The summed E-state index contributed by atoms with van der Waals surface area (Å²) in [7, 11) is 6.80. The Morgan fingerprint density at radius 2 is 1.92 bits per heavy atom. The molecule has 2 bridgehead atoms. The van der Waals surface area contributed by atoms with E-state index >= 15 is 0 Å². The molecule has 5 N–H and O–H groups in total. The van der Waals surface area contributed by atoms with Crippen LogP contribution in [-0.4, -0.2) is 98.8 Å². The third-order valence-electron chi connectivity index (χ3n) is 7.66. The van der Waals surface area contributed by atoms with Crippen LogP contribution in [0, 0.1) is 11.8 Å². The molecule has 13 heteroatoms. The molecule has 1 heterocycles. The number of fused-ring (bicyclic) bond motifs is 2. The van der Waals surface area contributed by atoms with Crippen LogP contribution < -0.4 is 11.1 Å². The Kier molecular flexibility index (Phi) is 16.0. The molecule has 0 radical (unpaired) electrons. The maximum absolute atomic E-state index is 13.2. The average molecular weight is 670 g/mol. The number of methoxy groups -OCH3 is 2. The lowest BCUT2D eigenvalue weighted by atomic mass is 9.88. The largest absolute Gasteiger partial charge is 0.506 e. The first-order chi connectivity index (χ1) is 22.7. The second-order valence-electron chi connectivity index (χ2n) is 12.0. The second kappa shape index (κ2) is 19.4. The van der Waals surface area contributed by atoms with Crippen molar-refractivity contribution in [2.75, 3.05) is 46.8 Å². The van der Waals surface area contributed by atoms with Crippen LogP contribution in [0.4, 0.5) is 16.2 Å². The Bertz CT molecular complexity index is 1430. The molecule has 0 aliphatic carbocycles. The van der Waals surface area contributed by atoms with Gasteiger partial charge in [0, 0.05) is 50.1 Å². The smallest absolute Gasteiger partial charge is 0.405 e. The summed E-state index contributed by atoms with van der Waals surface area (Å²) in [4.78, 5) is 37.0. The number of phenolic OH excluding ortho intramolecular Hbond substituents is 2. The highest BCUT2D eigenvalue weighted by molar-refractivity contribution is 6.05. The molecule has 13 nitrogen and oxygen atoms in total. The number of primary amides is 1. The van der Waals surface area contributed by atoms with E-state index in [2.05, 4.69) is 22.0 Å². The minimum absolute atomic E-state index is 0.0300.